The highest BCUT2D eigenvalue weighted by Crippen LogP contribution is 2.19. The molecule has 1 unspecified atom stereocenters. The second kappa shape index (κ2) is 7.39. The molecule has 1 atom stereocenters. The minimum absolute atomic E-state index is 0.0226. The van der Waals surface area contributed by atoms with Gasteiger partial charge in [-0.3, -0.25) is 9.59 Å². The number of rotatable bonds is 5. The molecule has 0 aliphatic carbocycles. The van der Waals surface area contributed by atoms with Gasteiger partial charge in [0.1, 0.15) is 5.76 Å². The average molecular weight is 352 g/mol. The molecular weight excluding hydrogens is 332 g/mol. The fourth-order valence-electron chi connectivity index (χ4n) is 2.70. The summed E-state index contributed by atoms with van der Waals surface area (Å²) in [6.45, 7) is 5.04. The first-order chi connectivity index (χ1) is 12.4. The van der Waals surface area contributed by atoms with E-state index in [1.165, 1.54) is 0 Å². The summed E-state index contributed by atoms with van der Waals surface area (Å²) < 4.78 is 10.3. The van der Waals surface area contributed by atoms with Crippen LogP contribution in [0.2, 0.25) is 0 Å². The van der Waals surface area contributed by atoms with E-state index in [9.17, 15) is 9.59 Å². The van der Waals surface area contributed by atoms with E-state index in [4.69, 9.17) is 9.26 Å². The van der Waals surface area contributed by atoms with Crippen LogP contribution in [0.5, 0.6) is 0 Å². The molecular formula is C20H20N2O4. The van der Waals surface area contributed by atoms with Crippen LogP contribution in [-0.4, -0.2) is 23.1 Å². The smallest absolute Gasteiger partial charge is 0.311 e. The number of esters is 1. The largest absolute Gasteiger partial charge is 0.452 e. The van der Waals surface area contributed by atoms with Crippen molar-refractivity contribution in [1.82, 2.24) is 5.16 Å². The Labute approximate surface area is 151 Å². The van der Waals surface area contributed by atoms with Crippen LogP contribution in [0.3, 0.4) is 0 Å². The second-order valence-electron chi connectivity index (χ2n) is 6.16. The fraction of sp³-hybridized carbons (Fsp3) is 0.250. The van der Waals surface area contributed by atoms with Gasteiger partial charge in [-0.1, -0.05) is 35.5 Å². The summed E-state index contributed by atoms with van der Waals surface area (Å²) in [6.07, 6.45) is -0.885. The number of hydrogen-bond donors (Lipinski definition) is 1. The zero-order valence-corrected chi connectivity index (χ0v) is 14.9. The van der Waals surface area contributed by atoms with Crippen LogP contribution in [0.15, 0.2) is 47.0 Å². The molecule has 0 bridgehead atoms. The number of benzene rings is 2. The van der Waals surface area contributed by atoms with Crippen molar-refractivity contribution >= 4 is 28.3 Å². The molecule has 0 spiro atoms. The van der Waals surface area contributed by atoms with E-state index in [1.54, 1.807) is 20.8 Å². The van der Waals surface area contributed by atoms with Gasteiger partial charge in [0.15, 0.2) is 6.10 Å². The third-order valence-electron chi connectivity index (χ3n) is 4.20. The molecule has 1 amide bonds. The van der Waals surface area contributed by atoms with Crippen LogP contribution in [-0.2, 0) is 20.7 Å². The first kappa shape index (κ1) is 17.7. The van der Waals surface area contributed by atoms with Crippen molar-refractivity contribution in [2.75, 3.05) is 5.32 Å². The van der Waals surface area contributed by atoms with E-state index >= 15 is 0 Å². The highest BCUT2D eigenvalue weighted by molar-refractivity contribution is 5.97. The van der Waals surface area contributed by atoms with E-state index in [2.05, 4.69) is 10.5 Å². The molecule has 0 saturated carbocycles. The van der Waals surface area contributed by atoms with Crippen molar-refractivity contribution in [3.63, 3.8) is 0 Å². The Kier molecular flexibility index (Phi) is 5.02. The van der Waals surface area contributed by atoms with Crippen LogP contribution >= 0.6 is 0 Å². The minimum atomic E-state index is -0.908. The highest BCUT2D eigenvalue weighted by Gasteiger charge is 2.20. The zero-order valence-electron chi connectivity index (χ0n) is 14.9. The second-order valence-corrected chi connectivity index (χ2v) is 6.16. The molecule has 0 aliphatic heterocycles. The lowest BCUT2D eigenvalue weighted by atomic mass is 10.1. The maximum Gasteiger partial charge on any atom is 0.311 e. The van der Waals surface area contributed by atoms with Crippen LogP contribution in [0.1, 0.15) is 23.9 Å². The van der Waals surface area contributed by atoms with Gasteiger partial charge in [0.05, 0.1) is 12.1 Å². The van der Waals surface area contributed by atoms with Gasteiger partial charge in [0, 0.05) is 11.3 Å². The summed E-state index contributed by atoms with van der Waals surface area (Å²) in [4.78, 5) is 24.4. The molecule has 6 heteroatoms. The minimum Gasteiger partial charge on any atom is -0.452 e. The number of nitrogens with zero attached hydrogens (tertiary/aromatic N) is 1. The first-order valence-corrected chi connectivity index (χ1v) is 8.35. The molecule has 1 N–H and O–H groups in total. The maximum atomic E-state index is 12.3. The number of nitrogens with one attached hydrogen (secondary N) is 1. The normalized spacial score (nSPS) is 12.0. The van der Waals surface area contributed by atoms with Gasteiger partial charge in [-0.25, -0.2) is 0 Å². The quantitative estimate of drug-likeness (QED) is 0.710. The molecule has 134 valence electrons. The molecule has 0 aliphatic rings. The van der Waals surface area contributed by atoms with Gasteiger partial charge in [0.2, 0.25) is 0 Å². The van der Waals surface area contributed by atoms with Gasteiger partial charge < -0.3 is 14.6 Å². The van der Waals surface area contributed by atoms with E-state index < -0.39 is 12.1 Å². The van der Waals surface area contributed by atoms with Crippen LogP contribution < -0.4 is 5.32 Å². The Morgan fingerprint density at radius 3 is 2.58 bits per heavy atom. The van der Waals surface area contributed by atoms with Crippen LogP contribution in [0, 0.1) is 13.8 Å². The highest BCUT2D eigenvalue weighted by atomic mass is 16.5. The number of ether oxygens (including phenoxy) is 1. The number of aromatic nitrogens is 1. The van der Waals surface area contributed by atoms with Crippen molar-refractivity contribution in [1.29, 1.82) is 0 Å². The fourth-order valence-corrected chi connectivity index (χ4v) is 2.70. The first-order valence-electron chi connectivity index (χ1n) is 8.35. The van der Waals surface area contributed by atoms with Gasteiger partial charge in [-0.15, -0.1) is 0 Å². The number of aryl methyl sites for hydroxylation is 2. The van der Waals surface area contributed by atoms with Crippen LogP contribution in [0.4, 0.5) is 5.69 Å². The Bertz CT molecular complexity index is 942. The summed E-state index contributed by atoms with van der Waals surface area (Å²) in [6, 6.07) is 13.5. The molecule has 2 aromatic carbocycles. The summed E-state index contributed by atoms with van der Waals surface area (Å²) >= 11 is 0. The van der Waals surface area contributed by atoms with E-state index in [-0.39, 0.29) is 12.3 Å². The number of carbonyl (C=O) groups is 2. The maximum absolute atomic E-state index is 12.3. The summed E-state index contributed by atoms with van der Waals surface area (Å²) in [7, 11) is 0. The molecule has 6 nitrogen and oxygen atoms in total. The average Bonchev–Trinajstić information content (AvgIpc) is 2.93. The third-order valence-corrected chi connectivity index (χ3v) is 4.20. The molecule has 3 aromatic rings. The number of anilines is 1. The van der Waals surface area contributed by atoms with E-state index in [0.717, 1.165) is 10.8 Å². The lowest BCUT2D eigenvalue weighted by molar-refractivity contribution is -0.152. The number of hydrogen-bond acceptors (Lipinski definition) is 5. The predicted octanol–water partition coefficient (Wildman–Crippen LogP) is 3.56. The van der Waals surface area contributed by atoms with E-state index in [0.29, 0.717) is 22.7 Å². The standard InChI is InChI=1S/C20H20N2O4/c1-12-18(13(2)26-22-12)11-19(23)25-14(3)20(24)21-17-9-8-15-6-4-5-7-16(15)10-17/h4-10,14H,11H2,1-3H3,(H,21,24). The molecule has 0 fully saturated rings. The molecule has 1 heterocycles. The van der Waals surface area contributed by atoms with Crippen molar-refractivity contribution in [3.05, 3.63) is 59.5 Å². The molecule has 0 saturated heterocycles. The molecule has 3 rings (SSSR count). The summed E-state index contributed by atoms with van der Waals surface area (Å²) in [5.41, 5.74) is 1.99. The van der Waals surface area contributed by atoms with Crippen LogP contribution in [0.25, 0.3) is 10.8 Å². The third kappa shape index (κ3) is 3.91. The topological polar surface area (TPSA) is 81.4 Å². The molecule has 0 radical (unpaired) electrons. The lowest BCUT2D eigenvalue weighted by Crippen LogP contribution is -2.30. The molecule has 1 aromatic heterocycles. The van der Waals surface area contributed by atoms with Crippen molar-refractivity contribution in [3.8, 4) is 0 Å². The lowest BCUT2D eigenvalue weighted by Gasteiger charge is -2.14. The number of fused-ring (bicyclic) bond motifs is 1. The Morgan fingerprint density at radius 1 is 1.15 bits per heavy atom. The Hall–Kier alpha value is -3.15. The Balaban J connectivity index is 1.60. The number of amides is 1. The van der Waals surface area contributed by atoms with Gasteiger partial charge >= 0.3 is 5.97 Å². The van der Waals surface area contributed by atoms with Crippen molar-refractivity contribution < 1.29 is 18.8 Å². The SMILES string of the molecule is Cc1noc(C)c1CC(=O)OC(C)C(=O)Nc1ccc2ccccc2c1. The zero-order chi connectivity index (χ0) is 18.7. The predicted molar refractivity (Wildman–Crippen MR) is 97.8 cm³/mol. The van der Waals surface area contributed by atoms with Gasteiger partial charge in [-0.2, -0.15) is 0 Å². The molecule has 26 heavy (non-hydrogen) atoms. The van der Waals surface area contributed by atoms with Gasteiger partial charge in [0.25, 0.3) is 5.91 Å². The monoisotopic (exact) mass is 352 g/mol. The van der Waals surface area contributed by atoms with Crippen molar-refractivity contribution in [2.45, 2.75) is 33.3 Å². The Morgan fingerprint density at radius 2 is 1.88 bits per heavy atom. The van der Waals surface area contributed by atoms with Gasteiger partial charge in [-0.05, 0) is 43.7 Å². The van der Waals surface area contributed by atoms with E-state index in [1.807, 2.05) is 42.5 Å². The summed E-state index contributed by atoms with van der Waals surface area (Å²) in [5, 5.41) is 8.68. The summed E-state index contributed by atoms with van der Waals surface area (Å²) in [5.74, 6) is -0.305. The van der Waals surface area contributed by atoms with Crippen molar-refractivity contribution in [2.24, 2.45) is 0 Å². The number of carbonyl (C=O) groups excluding carboxylic acids is 2.